The van der Waals surface area contributed by atoms with Crippen LogP contribution in [0.1, 0.15) is 38.0 Å². The Bertz CT molecular complexity index is 532. The Hall–Kier alpha value is -1.68. The van der Waals surface area contributed by atoms with E-state index in [4.69, 9.17) is 18.9 Å². The first-order valence-electron chi connectivity index (χ1n) is 6.63. The molecule has 1 atom stereocenters. The quantitative estimate of drug-likeness (QED) is 0.843. The molecule has 0 bridgehead atoms. The van der Waals surface area contributed by atoms with Crippen LogP contribution in [0.5, 0.6) is 17.2 Å². The van der Waals surface area contributed by atoms with E-state index in [9.17, 15) is 0 Å². The highest BCUT2D eigenvalue weighted by atomic mass is 16.5. The lowest BCUT2D eigenvalue weighted by Gasteiger charge is -2.30. The molecule has 0 amide bonds. The Kier molecular flexibility index (Phi) is 3.95. The number of benzene rings is 1. The van der Waals surface area contributed by atoms with Gasteiger partial charge in [-0.05, 0) is 32.9 Å². The van der Waals surface area contributed by atoms with Crippen LogP contribution in [0.4, 0.5) is 0 Å². The van der Waals surface area contributed by atoms with Crippen molar-refractivity contribution < 1.29 is 18.9 Å². The average molecular weight is 278 g/mol. The number of hydrogen-bond acceptors (Lipinski definition) is 4. The molecule has 0 radical (unpaired) electrons. The van der Waals surface area contributed by atoms with Gasteiger partial charge in [0.2, 0.25) is 0 Å². The van der Waals surface area contributed by atoms with E-state index in [0.29, 0.717) is 5.75 Å². The van der Waals surface area contributed by atoms with Crippen molar-refractivity contribution in [1.29, 1.82) is 0 Å². The second kappa shape index (κ2) is 5.37. The SMILES string of the molecule is COc1cc2c(c(OC)c1C(C)OC)C=CC(C)(C)O2. The van der Waals surface area contributed by atoms with Crippen LogP contribution < -0.4 is 14.2 Å². The third-order valence-electron chi connectivity index (χ3n) is 3.49. The smallest absolute Gasteiger partial charge is 0.139 e. The second-order valence-electron chi connectivity index (χ2n) is 5.35. The fraction of sp³-hybridized carbons (Fsp3) is 0.500. The standard InChI is InChI=1S/C16H22O4/c1-10(17-4)14-13(18-5)9-12-11(15(14)19-6)7-8-16(2,3)20-12/h7-10H,1-6H3. The van der Waals surface area contributed by atoms with Crippen molar-refractivity contribution in [3.63, 3.8) is 0 Å². The lowest BCUT2D eigenvalue weighted by Crippen LogP contribution is -2.27. The van der Waals surface area contributed by atoms with Crippen LogP contribution in [0.15, 0.2) is 12.1 Å². The highest BCUT2D eigenvalue weighted by Gasteiger charge is 2.29. The van der Waals surface area contributed by atoms with Gasteiger partial charge in [-0.3, -0.25) is 0 Å². The third kappa shape index (κ3) is 2.48. The van der Waals surface area contributed by atoms with Gasteiger partial charge in [-0.15, -0.1) is 0 Å². The summed E-state index contributed by atoms with van der Waals surface area (Å²) in [5, 5.41) is 0. The van der Waals surface area contributed by atoms with Gasteiger partial charge in [0.1, 0.15) is 22.8 Å². The van der Waals surface area contributed by atoms with Crippen LogP contribution in [0.2, 0.25) is 0 Å². The zero-order chi connectivity index (χ0) is 14.9. The van der Waals surface area contributed by atoms with Gasteiger partial charge in [0.25, 0.3) is 0 Å². The van der Waals surface area contributed by atoms with Gasteiger partial charge in [0, 0.05) is 13.2 Å². The van der Waals surface area contributed by atoms with E-state index in [2.05, 4.69) is 0 Å². The molecule has 0 spiro atoms. The maximum absolute atomic E-state index is 5.99. The zero-order valence-electron chi connectivity index (χ0n) is 12.9. The Labute approximate surface area is 120 Å². The number of hydrogen-bond donors (Lipinski definition) is 0. The van der Waals surface area contributed by atoms with E-state index in [1.807, 2.05) is 39.0 Å². The van der Waals surface area contributed by atoms with Gasteiger partial charge >= 0.3 is 0 Å². The molecular weight excluding hydrogens is 256 g/mol. The van der Waals surface area contributed by atoms with Crippen LogP contribution in [-0.2, 0) is 4.74 Å². The molecule has 0 saturated carbocycles. The molecule has 1 aromatic carbocycles. The molecule has 4 heteroatoms. The summed E-state index contributed by atoms with van der Waals surface area (Å²) in [6.45, 7) is 5.98. The van der Waals surface area contributed by atoms with E-state index >= 15 is 0 Å². The zero-order valence-corrected chi connectivity index (χ0v) is 12.9. The van der Waals surface area contributed by atoms with Crippen LogP contribution in [-0.4, -0.2) is 26.9 Å². The molecule has 0 aliphatic carbocycles. The maximum atomic E-state index is 5.99. The molecule has 110 valence electrons. The first-order chi connectivity index (χ1) is 9.43. The van der Waals surface area contributed by atoms with Gasteiger partial charge < -0.3 is 18.9 Å². The molecule has 1 heterocycles. The largest absolute Gasteiger partial charge is 0.496 e. The molecule has 20 heavy (non-hydrogen) atoms. The van der Waals surface area contributed by atoms with Crippen molar-refractivity contribution in [2.45, 2.75) is 32.5 Å². The molecule has 1 unspecified atom stereocenters. The predicted molar refractivity (Wildman–Crippen MR) is 78.7 cm³/mol. The lowest BCUT2D eigenvalue weighted by atomic mass is 9.97. The second-order valence-corrected chi connectivity index (χ2v) is 5.35. The fourth-order valence-electron chi connectivity index (χ4n) is 2.38. The first kappa shape index (κ1) is 14.7. The van der Waals surface area contributed by atoms with Crippen molar-refractivity contribution in [3.05, 3.63) is 23.3 Å². The van der Waals surface area contributed by atoms with Crippen molar-refractivity contribution in [2.24, 2.45) is 0 Å². The topological polar surface area (TPSA) is 36.9 Å². The Balaban J connectivity index is 2.67. The molecule has 1 aliphatic heterocycles. The van der Waals surface area contributed by atoms with E-state index < -0.39 is 0 Å². The normalized spacial score (nSPS) is 17.1. The van der Waals surface area contributed by atoms with Gasteiger partial charge in [-0.2, -0.15) is 0 Å². The molecule has 4 nitrogen and oxygen atoms in total. The number of ether oxygens (including phenoxy) is 4. The van der Waals surface area contributed by atoms with E-state index in [1.54, 1.807) is 21.3 Å². The molecule has 0 aromatic heterocycles. The summed E-state index contributed by atoms with van der Waals surface area (Å²) in [7, 11) is 4.95. The summed E-state index contributed by atoms with van der Waals surface area (Å²) in [6.07, 6.45) is 3.92. The van der Waals surface area contributed by atoms with Crippen molar-refractivity contribution in [3.8, 4) is 17.2 Å². The minimum Gasteiger partial charge on any atom is -0.496 e. The number of rotatable bonds is 4. The van der Waals surface area contributed by atoms with Crippen molar-refractivity contribution >= 4 is 6.08 Å². The molecule has 1 aliphatic rings. The molecule has 2 rings (SSSR count). The summed E-state index contributed by atoms with van der Waals surface area (Å²) in [4.78, 5) is 0. The Morgan fingerprint density at radius 2 is 1.85 bits per heavy atom. The fourth-order valence-corrected chi connectivity index (χ4v) is 2.38. The number of fused-ring (bicyclic) bond motifs is 1. The van der Waals surface area contributed by atoms with E-state index in [1.165, 1.54) is 0 Å². The lowest BCUT2D eigenvalue weighted by molar-refractivity contribution is 0.113. The maximum Gasteiger partial charge on any atom is 0.139 e. The molecule has 1 aromatic rings. The molecule has 0 N–H and O–H groups in total. The summed E-state index contributed by atoms with van der Waals surface area (Å²) < 4.78 is 22.5. The van der Waals surface area contributed by atoms with E-state index in [-0.39, 0.29) is 11.7 Å². The Morgan fingerprint density at radius 1 is 1.15 bits per heavy atom. The predicted octanol–water partition coefficient (Wildman–Crippen LogP) is 3.60. The van der Waals surface area contributed by atoms with Crippen LogP contribution >= 0.6 is 0 Å². The van der Waals surface area contributed by atoms with Crippen LogP contribution in [0, 0.1) is 0 Å². The van der Waals surface area contributed by atoms with Gasteiger partial charge in [-0.1, -0.05) is 0 Å². The summed E-state index contributed by atoms with van der Waals surface area (Å²) >= 11 is 0. The van der Waals surface area contributed by atoms with E-state index in [0.717, 1.165) is 22.6 Å². The molecule has 0 fully saturated rings. The van der Waals surface area contributed by atoms with Gasteiger partial charge in [0.05, 0.1) is 31.5 Å². The molecule has 0 saturated heterocycles. The van der Waals surface area contributed by atoms with Gasteiger partial charge in [-0.25, -0.2) is 0 Å². The number of methoxy groups -OCH3 is 3. The molecular formula is C16H22O4. The van der Waals surface area contributed by atoms with Crippen LogP contribution in [0.25, 0.3) is 6.08 Å². The summed E-state index contributed by atoms with van der Waals surface area (Å²) in [5.41, 5.74) is 1.48. The van der Waals surface area contributed by atoms with Crippen molar-refractivity contribution in [1.82, 2.24) is 0 Å². The third-order valence-corrected chi connectivity index (χ3v) is 3.49. The minimum absolute atomic E-state index is 0.131. The first-order valence-corrected chi connectivity index (χ1v) is 6.63. The average Bonchev–Trinajstić information content (AvgIpc) is 2.43. The minimum atomic E-state index is -0.336. The van der Waals surface area contributed by atoms with Crippen molar-refractivity contribution in [2.75, 3.05) is 21.3 Å². The Morgan fingerprint density at radius 3 is 2.40 bits per heavy atom. The highest BCUT2D eigenvalue weighted by Crippen LogP contribution is 2.46. The summed E-state index contributed by atoms with van der Waals surface area (Å²) in [5.74, 6) is 2.21. The van der Waals surface area contributed by atoms with Gasteiger partial charge in [0.15, 0.2) is 0 Å². The van der Waals surface area contributed by atoms with Crippen LogP contribution in [0.3, 0.4) is 0 Å². The monoisotopic (exact) mass is 278 g/mol. The summed E-state index contributed by atoms with van der Waals surface area (Å²) in [6, 6.07) is 1.90. The highest BCUT2D eigenvalue weighted by molar-refractivity contribution is 5.72.